The Morgan fingerprint density at radius 2 is 2.05 bits per heavy atom. The van der Waals surface area contributed by atoms with E-state index in [0.717, 1.165) is 0 Å². The van der Waals surface area contributed by atoms with Gasteiger partial charge < -0.3 is 21.1 Å². The average molecular weight is 265 g/mol. The van der Waals surface area contributed by atoms with Crippen LogP contribution >= 0.6 is 0 Å². The number of aliphatic hydroxyl groups is 1. The third-order valence-corrected chi connectivity index (χ3v) is 2.87. The van der Waals surface area contributed by atoms with Crippen molar-refractivity contribution in [3.63, 3.8) is 0 Å². The third-order valence-electron chi connectivity index (χ3n) is 2.87. The molecule has 5 heteroatoms. The summed E-state index contributed by atoms with van der Waals surface area (Å²) >= 11 is 0. The van der Waals surface area contributed by atoms with E-state index in [1.807, 2.05) is 13.8 Å². The van der Waals surface area contributed by atoms with Crippen molar-refractivity contribution in [1.82, 2.24) is 4.90 Å². The first kappa shape index (κ1) is 15.3. The van der Waals surface area contributed by atoms with Crippen LogP contribution in [0.5, 0.6) is 0 Å². The van der Waals surface area contributed by atoms with Crippen molar-refractivity contribution in [3.8, 4) is 0 Å². The van der Waals surface area contributed by atoms with Crippen LogP contribution in [0.3, 0.4) is 0 Å². The largest absolute Gasteiger partial charge is 0.399 e. The summed E-state index contributed by atoms with van der Waals surface area (Å²) < 4.78 is 0. The molecule has 1 aromatic rings. The standard InChI is InChI=1S/C14H23N3O2/c1-14(2,9-18)8-16-12-7-10(15)5-6-11(12)13(19)17(3)4/h5-7,16,18H,8-9,15H2,1-4H3. The molecule has 0 atom stereocenters. The van der Waals surface area contributed by atoms with Gasteiger partial charge >= 0.3 is 0 Å². The minimum absolute atomic E-state index is 0.0687. The summed E-state index contributed by atoms with van der Waals surface area (Å²) in [5.41, 5.74) is 7.37. The lowest BCUT2D eigenvalue weighted by atomic mass is 9.94. The lowest BCUT2D eigenvalue weighted by Crippen LogP contribution is -2.28. The Labute approximate surface area is 114 Å². The lowest BCUT2D eigenvalue weighted by molar-refractivity contribution is 0.0828. The number of aliphatic hydroxyl groups excluding tert-OH is 1. The van der Waals surface area contributed by atoms with Gasteiger partial charge in [-0.15, -0.1) is 0 Å². The minimum atomic E-state index is -0.261. The third kappa shape index (κ3) is 4.13. The van der Waals surface area contributed by atoms with Gasteiger partial charge in [0.25, 0.3) is 5.91 Å². The van der Waals surface area contributed by atoms with Gasteiger partial charge in [-0.2, -0.15) is 0 Å². The molecule has 0 bridgehead atoms. The number of nitrogen functional groups attached to an aromatic ring is 1. The van der Waals surface area contributed by atoms with Crippen LogP contribution in [0.4, 0.5) is 11.4 Å². The number of anilines is 2. The highest BCUT2D eigenvalue weighted by Crippen LogP contribution is 2.23. The smallest absolute Gasteiger partial charge is 0.255 e. The normalized spacial score (nSPS) is 11.2. The number of nitrogens with two attached hydrogens (primary N) is 1. The predicted molar refractivity (Wildman–Crippen MR) is 78.2 cm³/mol. The van der Waals surface area contributed by atoms with Gasteiger partial charge in [0.1, 0.15) is 0 Å². The van der Waals surface area contributed by atoms with E-state index < -0.39 is 0 Å². The molecule has 0 heterocycles. The maximum atomic E-state index is 12.1. The number of benzene rings is 1. The summed E-state index contributed by atoms with van der Waals surface area (Å²) in [4.78, 5) is 13.6. The number of rotatable bonds is 5. The lowest BCUT2D eigenvalue weighted by Gasteiger charge is -2.24. The van der Waals surface area contributed by atoms with Gasteiger partial charge in [0.2, 0.25) is 0 Å². The zero-order valence-corrected chi connectivity index (χ0v) is 12.0. The summed E-state index contributed by atoms with van der Waals surface area (Å²) in [6.45, 7) is 4.51. The van der Waals surface area contributed by atoms with Crippen molar-refractivity contribution in [2.75, 3.05) is 38.3 Å². The average Bonchev–Trinajstić information content (AvgIpc) is 2.35. The van der Waals surface area contributed by atoms with E-state index >= 15 is 0 Å². The highest BCUT2D eigenvalue weighted by atomic mass is 16.3. The highest BCUT2D eigenvalue weighted by molar-refractivity contribution is 6.00. The van der Waals surface area contributed by atoms with Crippen molar-refractivity contribution >= 4 is 17.3 Å². The molecule has 19 heavy (non-hydrogen) atoms. The molecule has 0 aliphatic heterocycles. The number of carbonyl (C=O) groups is 1. The molecule has 0 saturated carbocycles. The van der Waals surface area contributed by atoms with E-state index in [9.17, 15) is 9.90 Å². The number of hydrogen-bond acceptors (Lipinski definition) is 4. The van der Waals surface area contributed by atoms with Crippen LogP contribution in [0.1, 0.15) is 24.2 Å². The second-order valence-electron chi connectivity index (χ2n) is 5.68. The zero-order chi connectivity index (χ0) is 14.6. The van der Waals surface area contributed by atoms with Crippen LogP contribution in [0.25, 0.3) is 0 Å². The Morgan fingerprint density at radius 3 is 2.58 bits per heavy atom. The van der Waals surface area contributed by atoms with Crippen LogP contribution < -0.4 is 11.1 Å². The van der Waals surface area contributed by atoms with Crippen LogP contribution in [-0.2, 0) is 0 Å². The molecule has 0 aromatic heterocycles. The molecule has 1 aromatic carbocycles. The summed E-state index contributed by atoms with van der Waals surface area (Å²) in [6, 6.07) is 5.16. The van der Waals surface area contributed by atoms with E-state index in [1.54, 1.807) is 32.3 Å². The van der Waals surface area contributed by atoms with Gasteiger partial charge in [-0.25, -0.2) is 0 Å². The van der Waals surface area contributed by atoms with Crippen molar-refractivity contribution in [1.29, 1.82) is 0 Å². The van der Waals surface area contributed by atoms with Gasteiger partial charge in [0.05, 0.1) is 5.56 Å². The highest BCUT2D eigenvalue weighted by Gasteiger charge is 2.19. The van der Waals surface area contributed by atoms with Crippen molar-refractivity contribution < 1.29 is 9.90 Å². The number of nitrogens with zero attached hydrogens (tertiary/aromatic N) is 1. The Hall–Kier alpha value is -1.75. The molecule has 0 aliphatic rings. The number of amides is 1. The SMILES string of the molecule is CN(C)C(=O)c1ccc(N)cc1NCC(C)(C)CO. The molecular weight excluding hydrogens is 242 g/mol. The van der Waals surface area contributed by atoms with Gasteiger partial charge in [-0.3, -0.25) is 4.79 Å². The molecule has 5 nitrogen and oxygen atoms in total. The van der Waals surface area contributed by atoms with E-state index in [-0.39, 0.29) is 17.9 Å². The number of hydrogen-bond donors (Lipinski definition) is 3. The molecule has 1 rings (SSSR count). The van der Waals surface area contributed by atoms with Crippen molar-refractivity contribution in [2.45, 2.75) is 13.8 Å². The first-order valence-corrected chi connectivity index (χ1v) is 6.23. The molecule has 0 fully saturated rings. The predicted octanol–water partition coefficient (Wildman–Crippen LogP) is 1.40. The second-order valence-corrected chi connectivity index (χ2v) is 5.68. The van der Waals surface area contributed by atoms with E-state index in [4.69, 9.17) is 5.73 Å². The number of nitrogens with one attached hydrogen (secondary N) is 1. The van der Waals surface area contributed by atoms with E-state index in [0.29, 0.717) is 23.5 Å². The molecule has 0 aliphatic carbocycles. The molecule has 1 amide bonds. The second kappa shape index (κ2) is 5.93. The maximum absolute atomic E-state index is 12.1. The van der Waals surface area contributed by atoms with Gasteiger partial charge in [0.15, 0.2) is 0 Å². The van der Waals surface area contributed by atoms with Crippen LogP contribution in [0.15, 0.2) is 18.2 Å². The van der Waals surface area contributed by atoms with Gasteiger partial charge in [0, 0.05) is 44.0 Å². The monoisotopic (exact) mass is 265 g/mol. The Kier molecular flexibility index (Phi) is 4.78. The van der Waals surface area contributed by atoms with Gasteiger partial charge in [-0.1, -0.05) is 13.8 Å². The fourth-order valence-corrected chi connectivity index (χ4v) is 1.53. The first-order valence-electron chi connectivity index (χ1n) is 6.23. The molecule has 4 N–H and O–H groups in total. The van der Waals surface area contributed by atoms with Crippen LogP contribution in [0, 0.1) is 5.41 Å². The summed E-state index contributed by atoms with van der Waals surface area (Å²) in [7, 11) is 3.42. The Bertz CT molecular complexity index is 456. The molecular formula is C14H23N3O2. The van der Waals surface area contributed by atoms with Crippen molar-refractivity contribution in [2.24, 2.45) is 5.41 Å². The maximum Gasteiger partial charge on any atom is 0.255 e. The fourth-order valence-electron chi connectivity index (χ4n) is 1.53. The summed E-state index contributed by atoms with van der Waals surface area (Å²) in [6.07, 6.45) is 0. The van der Waals surface area contributed by atoms with E-state index in [1.165, 1.54) is 4.90 Å². The quantitative estimate of drug-likeness (QED) is 0.703. The Balaban J connectivity index is 2.98. The fraction of sp³-hybridized carbons (Fsp3) is 0.500. The molecule has 106 valence electrons. The van der Waals surface area contributed by atoms with Gasteiger partial charge in [-0.05, 0) is 18.2 Å². The molecule has 0 saturated heterocycles. The first-order chi connectivity index (χ1) is 8.76. The Morgan fingerprint density at radius 1 is 1.42 bits per heavy atom. The topological polar surface area (TPSA) is 78.6 Å². The molecule has 0 spiro atoms. The molecule has 0 radical (unpaired) electrons. The molecule has 0 unspecified atom stereocenters. The zero-order valence-electron chi connectivity index (χ0n) is 12.0. The summed E-state index contributed by atoms with van der Waals surface area (Å²) in [5.74, 6) is -0.0793. The van der Waals surface area contributed by atoms with E-state index in [2.05, 4.69) is 5.32 Å². The van der Waals surface area contributed by atoms with Crippen LogP contribution in [0.2, 0.25) is 0 Å². The number of carbonyl (C=O) groups excluding carboxylic acids is 1. The van der Waals surface area contributed by atoms with Crippen LogP contribution in [-0.4, -0.2) is 43.2 Å². The summed E-state index contributed by atoms with van der Waals surface area (Å²) in [5, 5.41) is 12.4. The van der Waals surface area contributed by atoms with Crippen molar-refractivity contribution in [3.05, 3.63) is 23.8 Å². The minimum Gasteiger partial charge on any atom is -0.399 e.